The molecule has 0 aliphatic carbocycles. The first-order valence-electron chi connectivity index (χ1n) is 8.37. The zero-order chi connectivity index (χ0) is 20.4. The lowest BCUT2D eigenvalue weighted by atomic mass is 10.0. The van der Waals surface area contributed by atoms with Crippen LogP contribution in [-0.2, 0) is 0 Å². The Morgan fingerprint density at radius 2 is 1.89 bits per heavy atom. The predicted octanol–water partition coefficient (Wildman–Crippen LogP) is 2.90. The van der Waals surface area contributed by atoms with Gasteiger partial charge in [0.15, 0.2) is 5.75 Å². The summed E-state index contributed by atoms with van der Waals surface area (Å²) in [6, 6.07) is 7.53. The highest BCUT2D eigenvalue weighted by molar-refractivity contribution is 6.39. The number of amides is 1. The van der Waals surface area contributed by atoms with Gasteiger partial charge in [-0.15, -0.1) is 0 Å². The number of hydrogen-bond donors (Lipinski definition) is 5. The van der Waals surface area contributed by atoms with Gasteiger partial charge < -0.3 is 26.2 Å². The van der Waals surface area contributed by atoms with Crippen molar-refractivity contribution >= 4 is 45.7 Å². The third kappa shape index (κ3) is 3.64. The Labute approximate surface area is 169 Å². The minimum Gasteiger partial charge on any atom is -0.503 e. The molecule has 0 bridgehead atoms. The number of fused-ring (bicyclic) bond motifs is 1. The number of carbonyl (C=O) groups excluding carboxylic acids is 1. The molecule has 0 unspecified atom stereocenters. The molecular formula is C19H17Cl2N3O4. The lowest BCUT2D eigenvalue weighted by Gasteiger charge is -2.12. The summed E-state index contributed by atoms with van der Waals surface area (Å²) in [5, 5.41) is 22.4. The fourth-order valence-electron chi connectivity index (χ4n) is 2.80. The molecule has 0 fully saturated rings. The highest BCUT2D eigenvalue weighted by Gasteiger charge is 2.18. The van der Waals surface area contributed by atoms with Gasteiger partial charge in [-0.25, -0.2) is 0 Å². The standard InChI is InChI=1S/C19H17Cl2N3O4/c20-12-7-9(8-13(21)14(12)22)15-18(27)17(26)10-3-1-4-11(16(10)24-15)19(28)23-5-2-6-25/h1,3-4,7-8,25,27H,2,5-6,22H2,(H,23,28)(H,24,26). The van der Waals surface area contributed by atoms with E-state index in [0.717, 1.165) is 0 Å². The lowest BCUT2D eigenvalue weighted by molar-refractivity contribution is 0.0952. The number of anilines is 1. The largest absolute Gasteiger partial charge is 0.503 e. The van der Waals surface area contributed by atoms with Gasteiger partial charge in [-0.2, -0.15) is 0 Å². The van der Waals surface area contributed by atoms with E-state index in [9.17, 15) is 14.7 Å². The molecule has 0 saturated heterocycles. The molecular weight excluding hydrogens is 405 g/mol. The second-order valence-corrected chi connectivity index (χ2v) is 6.91. The number of hydrogen-bond acceptors (Lipinski definition) is 5. The van der Waals surface area contributed by atoms with Crippen molar-refractivity contribution in [2.75, 3.05) is 18.9 Å². The Morgan fingerprint density at radius 1 is 1.21 bits per heavy atom. The van der Waals surface area contributed by atoms with Crippen LogP contribution in [0.3, 0.4) is 0 Å². The normalized spacial score (nSPS) is 11.0. The van der Waals surface area contributed by atoms with Gasteiger partial charge in [0.25, 0.3) is 5.91 Å². The second kappa shape index (κ2) is 8.10. The van der Waals surface area contributed by atoms with E-state index in [2.05, 4.69) is 10.3 Å². The molecule has 7 nitrogen and oxygen atoms in total. The fourth-order valence-corrected chi connectivity index (χ4v) is 3.29. The molecule has 0 spiro atoms. The van der Waals surface area contributed by atoms with Crippen LogP contribution in [0.5, 0.6) is 5.75 Å². The minimum absolute atomic E-state index is 0.0523. The zero-order valence-corrected chi connectivity index (χ0v) is 16.1. The van der Waals surface area contributed by atoms with Crippen molar-refractivity contribution in [3.05, 3.63) is 56.2 Å². The van der Waals surface area contributed by atoms with Gasteiger partial charge >= 0.3 is 0 Å². The van der Waals surface area contributed by atoms with Crippen molar-refractivity contribution in [2.24, 2.45) is 0 Å². The third-order valence-corrected chi connectivity index (χ3v) is 4.87. The molecule has 28 heavy (non-hydrogen) atoms. The fraction of sp³-hybridized carbons (Fsp3) is 0.158. The van der Waals surface area contributed by atoms with Gasteiger partial charge in [0.1, 0.15) is 0 Å². The number of aromatic hydroxyl groups is 1. The summed E-state index contributed by atoms with van der Waals surface area (Å²) in [4.78, 5) is 28.1. The highest BCUT2D eigenvalue weighted by atomic mass is 35.5. The van der Waals surface area contributed by atoms with Crippen LogP contribution in [0, 0.1) is 0 Å². The van der Waals surface area contributed by atoms with Crippen molar-refractivity contribution in [1.82, 2.24) is 10.3 Å². The van der Waals surface area contributed by atoms with Crippen LogP contribution in [0.15, 0.2) is 35.1 Å². The van der Waals surface area contributed by atoms with Crippen molar-refractivity contribution in [3.8, 4) is 17.0 Å². The van der Waals surface area contributed by atoms with Crippen molar-refractivity contribution in [1.29, 1.82) is 0 Å². The number of H-pyrrole nitrogens is 1. The summed E-state index contributed by atoms with van der Waals surface area (Å²) < 4.78 is 0. The van der Waals surface area contributed by atoms with Gasteiger partial charge in [-0.3, -0.25) is 9.59 Å². The number of carbonyl (C=O) groups is 1. The number of aliphatic hydroxyl groups is 1. The third-order valence-electron chi connectivity index (χ3n) is 4.24. The molecule has 1 amide bonds. The van der Waals surface area contributed by atoms with Gasteiger partial charge in [0.2, 0.25) is 5.43 Å². The maximum absolute atomic E-state index is 12.7. The molecule has 1 heterocycles. The number of benzene rings is 2. The molecule has 9 heteroatoms. The molecule has 0 radical (unpaired) electrons. The number of aliphatic hydroxyl groups excluding tert-OH is 1. The molecule has 0 aliphatic rings. The van der Waals surface area contributed by atoms with Crippen LogP contribution < -0.4 is 16.5 Å². The molecule has 1 aromatic heterocycles. The number of rotatable bonds is 5. The quantitative estimate of drug-likeness (QED) is 0.319. The first-order chi connectivity index (χ1) is 13.3. The molecule has 2 aromatic carbocycles. The highest BCUT2D eigenvalue weighted by Crippen LogP contribution is 2.35. The monoisotopic (exact) mass is 421 g/mol. The molecule has 3 aromatic rings. The molecule has 0 saturated carbocycles. The maximum atomic E-state index is 12.7. The molecule has 0 aliphatic heterocycles. The number of pyridine rings is 1. The zero-order valence-electron chi connectivity index (χ0n) is 14.6. The van der Waals surface area contributed by atoms with Gasteiger partial charge in [-0.1, -0.05) is 29.3 Å². The topological polar surface area (TPSA) is 128 Å². The number of halogens is 2. The van der Waals surface area contributed by atoms with Gasteiger partial charge in [0, 0.05) is 18.7 Å². The number of aromatic amines is 1. The van der Waals surface area contributed by atoms with E-state index in [4.69, 9.17) is 34.0 Å². The van der Waals surface area contributed by atoms with Crippen molar-refractivity contribution in [3.63, 3.8) is 0 Å². The minimum atomic E-state index is -0.641. The SMILES string of the molecule is Nc1c(Cl)cc(-c2[nH]c3c(C(=O)NCCCO)cccc3c(=O)c2O)cc1Cl. The second-order valence-electron chi connectivity index (χ2n) is 6.09. The summed E-state index contributed by atoms with van der Waals surface area (Å²) in [5.41, 5.74) is 6.17. The van der Waals surface area contributed by atoms with Crippen LogP contribution in [0.1, 0.15) is 16.8 Å². The lowest BCUT2D eigenvalue weighted by Crippen LogP contribution is -2.25. The molecule has 6 N–H and O–H groups in total. The number of nitrogens with two attached hydrogens (primary N) is 1. The average molecular weight is 422 g/mol. The van der Waals surface area contributed by atoms with Gasteiger partial charge in [-0.05, 0) is 30.7 Å². The average Bonchev–Trinajstić information content (AvgIpc) is 2.68. The van der Waals surface area contributed by atoms with Crippen LogP contribution in [-0.4, -0.2) is 34.3 Å². The van der Waals surface area contributed by atoms with Crippen LogP contribution in [0.4, 0.5) is 5.69 Å². The summed E-state index contributed by atoms with van der Waals surface area (Å²) >= 11 is 12.1. The molecule has 0 atom stereocenters. The van der Waals surface area contributed by atoms with Gasteiger partial charge in [0.05, 0.1) is 37.9 Å². The summed E-state index contributed by atoms with van der Waals surface area (Å²) in [6.45, 7) is 0.230. The van der Waals surface area contributed by atoms with E-state index in [1.165, 1.54) is 18.2 Å². The summed E-state index contributed by atoms with van der Waals surface area (Å²) in [6.07, 6.45) is 0.404. The van der Waals surface area contributed by atoms with E-state index >= 15 is 0 Å². The smallest absolute Gasteiger partial charge is 0.253 e. The summed E-state index contributed by atoms with van der Waals surface area (Å²) in [7, 11) is 0. The maximum Gasteiger partial charge on any atom is 0.253 e. The molecule has 146 valence electrons. The van der Waals surface area contributed by atoms with E-state index in [1.807, 2.05) is 0 Å². The van der Waals surface area contributed by atoms with Crippen LogP contribution in [0.2, 0.25) is 10.0 Å². The first kappa shape index (κ1) is 20.0. The Hall–Kier alpha value is -2.74. The number of aromatic nitrogens is 1. The number of nitrogen functional groups attached to an aromatic ring is 1. The Bertz CT molecular complexity index is 1110. The van der Waals surface area contributed by atoms with Crippen LogP contribution in [0.25, 0.3) is 22.2 Å². The summed E-state index contributed by atoms with van der Waals surface area (Å²) in [5.74, 6) is -0.943. The number of nitrogens with one attached hydrogen (secondary N) is 2. The Balaban J connectivity index is 2.21. The van der Waals surface area contributed by atoms with E-state index < -0.39 is 17.1 Å². The first-order valence-corrected chi connectivity index (χ1v) is 9.12. The van der Waals surface area contributed by atoms with Crippen LogP contribution >= 0.6 is 23.2 Å². The Morgan fingerprint density at radius 3 is 2.54 bits per heavy atom. The van der Waals surface area contributed by atoms with E-state index in [-0.39, 0.29) is 51.0 Å². The van der Waals surface area contributed by atoms with E-state index in [0.29, 0.717) is 12.0 Å². The molecule has 3 rings (SSSR count). The predicted molar refractivity (Wildman–Crippen MR) is 110 cm³/mol. The van der Waals surface area contributed by atoms with Crippen molar-refractivity contribution < 1.29 is 15.0 Å². The number of para-hydroxylation sites is 1. The Kier molecular flexibility index (Phi) is 5.79. The van der Waals surface area contributed by atoms with Crippen molar-refractivity contribution in [2.45, 2.75) is 6.42 Å². The van der Waals surface area contributed by atoms with E-state index in [1.54, 1.807) is 12.1 Å².